The quantitative estimate of drug-likeness (QED) is 0.385. The lowest BCUT2D eigenvalue weighted by molar-refractivity contribution is 0.418. The summed E-state index contributed by atoms with van der Waals surface area (Å²) in [4.78, 5) is 0. The molecule has 176 valence electrons. The molecule has 3 rings (SSSR count). The predicted octanol–water partition coefficient (Wildman–Crippen LogP) is 6.77. The average molecular weight is 505 g/mol. The summed E-state index contributed by atoms with van der Waals surface area (Å²) in [6, 6.07) is 14.8. The Morgan fingerprint density at radius 2 is 1.12 bits per heavy atom. The number of phenolic OH excluding ortho intramolecular Hbond substituents is 2. The molecule has 0 aliphatic rings. The summed E-state index contributed by atoms with van der Waals surface area (Å²) in [5.41, 5.74) is 0.812. The van der Waals surface area contributed by atoms with Crippen LogP contribution in [0, 0.1) is 0 Å². The Balaban J connectivity index is 2.47. The number of halogens is 2. The molecule has 0 fully saturated rings. The van der Waals surface area contributed by atoms with Crippen molar-refractivity contribution in [1.82, 2.24) is 0 Å². The number of methoxy groups -OCH3 is 1. The van der Waals surface area contributed by atoms with Crippen molar-refractivity contribution in [3.05, 3.63) is 69.7 Å². The number of hydrogen-bond donors (Lipinski definition) is 2. The lowest BCUT2D eigenvalue weighted by atomic mass is 9.86. The number of para-hydroxylation sites is 1. The standard InChI is InChI=1S/C27H31Cl2O3P/c1-26(2,3)18-12-16(28)14-22(24(18)30)33(21-11-9-8-10-20(21)32-7)23-15-17(29)13-19(25(23)31)27(4,5)6/h8-15,30-31H,1-7H3. The second-order valence-corrected chi connectivity index (χ2v) is 13.1. The average Bonchev–Trinajstić information content (AvgIpc) is 2.71. The number of aromatic hydroxyl groups is 2. The first-order chi connectivity index (χ1) is 15.3. The van der Waals surface area contributed by atoms with Gasteiger partial charge in [0.05, 0.1) is 7.11 Å². The highest BCUT2D eigenvalue weighted by atomic mass is 35.5. The lowest BCUT2D eigenvalue weighted by Gasteiger charge is -2.29. The summed E-state index contributed by atoms with van der Waals surface area (Å²) in [5.74, 6) is 0.998. The Labute approximate surface area is 208 Å². The molecule has 0 saturated carbocycles. The van der Waals surface area contributed by atoms with Gasteiger partial charge in [0, 0.05) is 37.1 Å². The monoisotopic (exact) mass is 504 g/mol. The van der Waals surface area contributed by atoms with E-state index in [1.165, 1.54) is 0 Å². The van der Waals surface area contributed by atoms with Gasteiger partial charge < -0.3 is 14.9 Å². The maximum absolute atomic E-state index is 11.5. The summed E-state index contributed by atoms with van der Waals surface area (Å²) in [6.07, 6.45) is 0. The third-order valence-corrected chi connectivity index (χ3v) is 8.47. The lowest BCUT2D eigenvalue weighted by Crippen LogP contribution is -2.26. The van der Waals surface area contributed by atoms with Crippen molar-refractivity contribution in [3.8, 4) is 17.2 Å². The summed E-state index contributed by atoms with van der Waals surface area (Å²) < 4.78 is 5.69. The fourth-order valence-electron chi connectivity index (χ4n) is 3.86. The van der Waals surface area contributed by atoms with Crippen LogP contribution in [0.25, 0.3) is 0 Å². The van der Waals surface area contributed by atoms with E-state index in [0.29, 0.717) is 26.4 Å². The Hall–Kier alpha value is -1.93. The largest absolute Gasteiger partial charge is 0.507 e. The minimum absolute atomic E-state index is 0.167. The molecular formula is C27H31Cl2O3P. The van der Waals surface area contributed by atoms with Crippen molar-refractivity contribution < 1.29 is 14.9 Å². The minimum atomic E-state index is -1.47. The van der Waals surface area contributed by atoms with Crippen molar-refractivity contribution >= 4 is 47.0 Å². The van der Waals surface area contributed by atoms with E-state index in [-0.39, 0.29) is 22.3 Å². The molecule has 0 aromatic heterocycles. The number of benzene rings is 3. The Morgan fingerprint density at radius 1 is 0.697 bits per heavy atom. The van der Waals surface area contributed by atoms with Gasteiger partial charge in [-0.3, -0.25) is 0 Å². The molecule has 0 bridgehead atoms. The van der Waals surface area contributed by atoms with Crippen LogP contribution in [0.2, 0.25) is 10.0 Å². The van der Waals surface area contributed by atoms with Crippen molar-refractivity contribution in [3.63, 3.8) is 0 Å². The molecule has 0 saturated heterocycles. The molecule has 0 spiro atoms. The zero-order valence-corrected chi connectivity index (χ0v) is 22.5. The number of phenols is 2. The molecule has 0 aliphatic heterocycles. The van der Waals surface area contributed by atoms with Gasteiger partial charge in [-0.1, -0.05) is 82.9 Å². The third-order valence-electron chi connectivity index (χ3n) is 5.53. The van der Waals surface area contributed by atoms with Gasteiger partial charge in [0.1, 0.15) is 17.2 Å². The summed E-state index contributed by atoms with van der Waals surface area (Å²) >= 11 is 13.2. The summed E-state index contributed by atoms with van der Waals surface area (Å²) in [6.45, 7) is 12.2. The smallest absolute Gasteiger partial charge is 0.127 e. The second kappa shape index (κ2) is 9.37. The molecule has 0 radical (unpaired) electrons. The molecule has 0 amide bonds. The highest BCUT2D eigenvalue weighted by molar-refractivity contribution is 7.80. The number of rotatable bonds is 4. The van der Waals surface area contributed by atoms with Crippen LogP contribution >= 0.6 is 31.1 Å². The van der Waals surface area contributed by atoms with E-state index in [1.807, 2.05) is 65.8 Å². The van der Waals surface area contributed by atoms with Gasteiger partial charge in [-0.05, 0) is 49.1 Å². The van der Waals surface area contributed by atoms with Gasteiger partial charge in [-0.2, -0.15) is 0 Å². The van der Waals surface area contributed by atoms with Crippen molar-refractivity contribution in [2.75, 3.05) is 7.11 Å². The van der Waals surface area contributed by atoms with E-state index in [2.05, 4.69) is 0 Å². The maximum Gasteiger partial charge on any atom is 0.127 e. The van der Waals surface area contributed by atoms with Crippen molar-refractivity contribution in [1.29, 1.82) is 0 Å². The van der Waals surface area contributed by atoms with Crippen LogP contribution in [0.5, 0.6) is 17.2 Å². The van der Waals surface area contributed by atoms with Crippen LogP contribution in [0.1, 0.15) is 52.7 Å². The highest BCUT2D eigenvalue weighted by Crippen LogP contribution is 2.47. The van der Waals surface area contributed by atoms with E-state index in [9.17, 15) is 10.2 Å². The number of hydrogen-bond acceptors (Lipinski definition) is 3. The van der Waals surface area contributed by atoms with Crippen LogP contribution in [0.3, 0.4) is 0 Å². The predicted molar refractivity (Wildman–Crippen MR) is 142 cm³/mol. The molecule has 0 atom stereocenters. The molecule has 3 nitrogen and oxygen atoms in total. The summed E-state index contributed by atoms with van der Waals surface area (Å²) in [5, 5.41) is 26.2. The van der Waals surface area contributed by atoms with Crippen molar-refractivity contribution in [2.24, 2.45) is 0 Å². The molecule has 3 aromatic carbocycles. The topological polar surface area (TPSA) is 49.7 Å². The Bertz CT molecular complexity index is 1110. The third kappa shape index (κ3) is 5.27. The molecule has 0 unspecified atom stereocenters. The van der Waals surface area contributed by atoms with Crippen LogP contribution in [-0.2, 0) is 10.8 Å². The van der Waals surface area contributed by atoms with Gasteiger partial charge in [-0.25, -0.2) is 0 Å². The Morgan fingerprint density at radius 3 is 1.52 bits per heavy atom. The van der Waals surface area contributed by atoms with Crippen LogP contribution in [0.15, 0.2) is 48.5 Å². The fraction of sp³-hybridized carbons (Fsp3) is 0.333. The van der Waals surface area contributed by atoms with E-state index in [0.717, 1.165) is 16.4 Å². The maximum atomic E-state index is 11.5. The van der Waals surface area contributed by atoms with Gasteiger partial charge in [0.25, 0.3) is 0 Å². The molecular weight excluding hydrogens is 474 g/mol. The van der Waals surface area contributed by atoms with Gasteiger partial charge in [0.15, 0.2) is 0 Å². The van der Waals surface area contributed by atoms with Crippen LogP contribution in [0.4, 0.5) is 0 Å². The first-order valence-corrected chi connectivity index (χ1v) is 12.8. The van der Waals surface area contributed by atoms with Gasteiger partial charge in [0.2, 0.25) is 0 Å². The van der Waals surface area contributed by atoms with Gasteiger partial charge >= 0.3 is 0 Å². The zero-order valence-electron chi connectivity index (χ0n) is 20.1. The number of ether oxygens (including phenoxy) is 1. The van der Waals surface area contributed by atoms with E-state index >= 15 is 0 Å². The molecule has 3 aromatic rings. The first-order valence-electron chi connectivity index (χ1n) is 10.7. The zero-order chi connectivity index (χ0) is 24.7. The molecule has 6 heteroatoms. The molecule has 0 heterocycles. The normalized spacial score (nSPS) is 12.3. The molecule has 0 aliphatic carbocycles. The van der Waals surface area contributed by atoms with Crippen LogP contribution < -0.4 is 20.7 Å². The Kier molecular flexibility index (Phi) is 7.30. The van der Waals surface area contributed by atoms with Gasteiger partial charge in [-0.15, -0.1) is 0 Å². The van der Waals surface area contributed by atoms with Crippen molar-refractivity contribution in [2.45, 2.75) is 52.4 Å². The second-order valence-electron chi connectivity index (χ2n) is 10.1. The first kappa shape index (κ1) is 25.7. The van der Waals surface area contributed by atoms with E-state index in [1.54, 1.807) is 31.4 Å². The molecule has 33 heavy (non-hydrogen) atoms. The summed E-state index contributed by atoms with van der Waals surface area (Å²) in [7, 11) is 0.147. The fourth-order valence-corrected chi connectivity index (χ4v) is 7.05. The minimum Gasteiger partial charge on any atom is -0.507 e. The highest BCUT2D eigenvalue weighted by Gasteiger charge is 2.32. The van der Waals surface area contributed by atoms with E-state index in [4.69, 9.17) is 27.9 Å². The van der Waals surface area contributed by atoms with Crippen LogP contribution in [-0.4, -0.2) is 17.3 Å². The molecule has 2 N–H and O–H groups in total. The van der Waals surface area contributed by atoms with E-state index < -0.39 is 7.92 Å². The SMILES string of the molecule is COc1ccccc1P(c1cc(Cl)cc(C(C)(C)C)c1O)c1cc(Cl)cc(C(C)(C)C)c1O.